The van der Waals surface area contributed by atoms with Gasteiger partial charge in [-0.2, -0.15) is 0 Å². The zero-order chi connectivity index (χ0) is 35.4. The van der Waals surface area contributed by atoms with Crippen LogP contribution in [-0.4, -0.2) is 0 Å². The molecule has 6 rings (SSSR count). The summed E-state index contributed by atoms with van der Waals surface area (Å²) in [6.07, 6.45) is 11.6. The maximum Gasteiger partial charge on any atom is -0.0184 e. The Morgan fingerprint density at radius 3 is 1.10 bits per heavy atom. The van der Waals surface area contributed by atoms with Crippen molar-refractivity contribution in [3.63, 3.8) is 0 Å². The van der Waals surface area contributed by atoms with Gasteiger partial charge in [0.2, 0.25) is 0 Å². The first-order chi connectivity index (χ1) is 23.2. The number of hydrogen-bond donors (Lipinski definition) is 0. The van der Waals surface area contributed by atoms with Gasteiger partial charge in [0.05, 0.1) is 0 Å². The molecule has 0 saturated heterocycles. The molecule has 1 unspecified atom stereocenters. The molecule has 0 aromatic heterocycles. The second-order valence-electron chi connectivity index (χ2n) is 12.5. The average Bonchev–Trinajstić information content (AvgIpc) is 3.10. The molecule has 0 saturated carbocycles. The van der Waals surface area contributed by atoms with Gasteiger partial charge in [-0.1, -0.05) is 234 Å². The zero-order valence-electron chi connectivity index (χ0n) is 31.4. The summed E-state index contributed by atoms with van der Waals surface area (Å²) in [5, 5.41) is 0. The fourth-order valence-electron chi connectivity index (χ4n) is 4.34. The van der Waals surface area contributed by atoms with E-state index < -0.39 is 0 Å². The molecule has 0 aliphatic heterocycles. The third kappa shape index (κ3) is 23.5. The maximum atomic E-state index is 2.28. The van der Waals surface area contributed by atoms with Gasteiger partial charge in [-0.05, 0) is 70.1 Å². The lowest BCUT2D eigenvalue weighted by Gasteiger charge is -2.06. The SMILES string of the molecule is C.CC1=CCC(C)C=C1.CCC.CCCc1ccc(-c2ccc(C)cc2)cc1.Cc1ccccc1.Cc1ccccc1.Cc1ccccc1. The van der Waals surface area contributed by atoms with Gasteiger partial charge in [0.1, 0.15) is 0 Å². The molecular formula is C49H66. The molecule has 49 heavy (non-hydrogen) atoms. The van der Waals surface area contributed by atoms with Gasteiger partial charge < -0.3 is 0 Å². The molecule has 0 heteroatoms. The summed E-state index contributed by atoms with van der Waals surface area (Å²) in [6.45, 7) is 19.2. The highest BCUT2D eigenvalue weighted by Gasteiger charge is 1.98. The lowest BCUT2D eigenvalue weighted by atomic mass is 10.00. The summed E-state index contributed by atoms with van der Waals surface area (Å²) in [7, 11) is 0. The van der Waals surface area contributed by atoms with Gasteiger partial charge in [0.25, 0.3) is 0 Å². The Morgan fingerprint density at radius 1 is 0.490 bits per heavy atom. The molecule has 0 fully saturated rings. The molecule has 5 aromatic carbocycles. The van der Waals surface area contributed by atoms with E-state index in [0.717, 1.165) is 5.92 Å². The van der Waals surface area contributed by atoms with Crippen LogP contribution in [0.15, 0.2) is 163 Å². The molecule has 0 spiro atoms. The molecule has 0 heterocycles. The van der Waals surface area contributed by atoms with Gasteiger partial charge >= 0.3 is 0 Å². The van der Waals surface area contributed by atoms with Crippen molar-refractivity contribution in [1.29, 1.82) is 0 Å². The van der Waals surface area contributed by atoms with E-state index in [1.807, 2.05) is 54.6 Å². The Bertz CT molecular complexity index is 1400. The summed E-state index contributed by atoms with van der Waals surface area (Å²) >= 11 is 0. The van der Waals surface area contributed by atoms with Crippen molar-refractivity contribution in [3.8, 4) is 11.1 Å². The van der Waals surface area contributed by atoms with Crippen LogP contribution in [0.1, 0.15) is 89.1 Å². The van der Waals surface area contributed by atoms with Crippen LogP contribution in [-0.2, 0) is 6.42 Å². The highest BCUT2D eigenvalue weighted by Crippen LogP contribution is 2.20. The first-order valence-electron chi connectivity index (χ1n) is 17.7. The summed E-state index contributed by atoms with van der Waals surface area (Å²) in [4.78, 5) is 0. The minimum absolute atomic E-state index is 0. The Kier molecular flexibility index (Phi) is 26.0. The van der Waals surface area contributed by atoms with Crippen LogP contribution in [0, 0.1) is 33.6 Å². The predicted octanol–water partition coefficient (Wildman–Crippen LogP) is 15.2. The van der Waals surface area contributed by atoms with Crippen LogP contribution < -0.4 is 0 Å². The number of hydrogen-bond acceptors (Lipinski definition) is 0. The van der Waals surface area contributed by atoms with Gasteiger partial charge in [-0.15, -0.1) is 0 Å². The minimum atomic E-state index is 0. The molecule has 0 nitrogen and oxygen atoms in total. The van der Waals surface area contributed by atoms with E-state index in [4.69, 9.17) is 0 Å². The monoisotopic (exact) mass is 655 g/mol. The Morgan fingerprint density at radius 2 is 0.837 bits per heavy atom. The largest absolute Gasteiger partial charge is 0.0811 e. The second-order valence-corrected chi connectivity index (χ2v) is 12.5. The van der Waals surface area contributed by atoms with E-state index >= 15 is 0 Å². The molecule has 1 atom stereocenters. The van der Waals surface area contributed by atoms with Crippen LogP contribution in [0.4, 0.5) is 0 Å². The van der Waals surface area contributed by atoms with Crippen LogP contribution in [0.5, 0.6) is 0 Å². The van der Waals surface area contributed by atoms with Gasteiger partial charge in [-0.25, -0.2) is 0 Å². The zero-order valence-corrected chi connectivity index (χ0v) is 31.4. The van der Waals surface area contributed by atoms with E-state index in [1.54, 1.807) is 0 Å². The first-order valence-corrected chi connectivity index (χ1v) is 17.7. The van der Waals surface area contributed by atoms with Crippen molar-refractivity contribution in [2.45, 2.75) is 95.4 Å². The van der Waals surface area contributed by atoms with Crippen molar-refractivity contribution < 1.29 is 0 Å². The highest BCUT2D eigenvalue weighted by atomic mass is 14.0. The minimum Gasteiger partial charge on any atom is -0.0811 e. The van der Waals surface area contributed by atoms with E-state index in [0.29, 0.717) is 0 Å². The topological polar surface area (TPSA) is 0 Å². The van der Waals surface area contributed by atoms with E-state index in [1.165, 1.54) is 70.2 Å². The maximum absolute atomic E-state index is 2.28. The van der Waals surface area contributed by atoms with E-state index in [9.17, 15) is 0 Å². The predicted molar refractivity (Wildman–Crippen MR) is 224 cm³/mol. The first kappa shape index (κ1) is 44.6. The molecule has 0 bridgehead atoms. The summed E-state index contributed by atoms with van der Waals surface area (Å²) in [5.74, 6) is 0.763. The molecular weight excluding hydrogens is 589 g/mol. The Labute approximate surface area is 302 Å². The molecule has 262 valence electrons. The van der Waals surface area contributed by atoms with Crippen LogP contribution in [0.25, 0.3) is 11.1 Å². The lowest BCUT2D eigenvalue weighted by Crippen LogP contribution is -1.91. The summed E-state index contributed by atoms with van der Waals surface area (Å²) < 4.78 is 0. The molecule has 0 radical (unpaired) electrons. The molecule has 5 aromatic rings. The van der Waals surface area contributed by atoms with Crippen molar-refractivity contribution in [2.75, 3.05) is 0 Å². The Balaban J connectivity index is 0.000000602. The van der Waals surface area contributed by atoms with Crippen molar-refractivity contribution in [2.24, 2.45) is 5.92 Å². The quantitative estimate of drug-likeness (QED) is 0.182. The van der Waals surface area contributed by atoms with Crippen molar-refractivity contribution in [3.05, 3.63) is 191 Å². The van der Waals surface area contributed by atoms with Crippen LogP contribution >= 0.6 is 0 Å². The number of aryl methyl sites for hydroxylation is 5. The van der Waals surface area contributed by atoms with Gasteiger partial charge in [0.15, 0.2) is 0 Å². The van der Waals surface area contributed by atoms with Gasteiger partial charge in [-0.3, -0.25) is 0 Å². The fourth-order valence-corrected chi connectivity index (χ4v) is 4.34. The fraction of sp³-hybridized carbons (Fsp3) is 0.306. The van der Waals surface area contributed by atoms with E-state index in [2.05, 4.69) is 165 Å². The second kappa shape index (κ2) is 28.6. The average molecular weight is 655 g/mol. The van der Waals surface area contributed by atoms with Crippen molar-refractivity contribution in [1.82, 2.24) is 0 Å². The molecule has 0 N–H and O–H groups in total. The van der Waals surface area contributed by atoms with Crippen LogP contribution in [0.3, 0.4) is 0 Å². The smallest absolute Gasteiger partial charge is 0.0184 e. The highest BCUT2D eigenvalue weighted by molar-refractivity contribution is 5.63. The van der Waals surface area contributed by atoms with Gasteiger partial charge in [0, 0.05) is 0 Å². The summed E-state index contributed by atoms with van der Waals surface area (Å²) in [5.41, 5.74) is 10.7. The number of allylic oxidation sites excluding steroid dienone is 4. The molecule has 1 aliphatic rings. The summed E-state index contributed by atoms with van der Waals surface area (Å²) in [6, 6.07) is 48.4. The van der Waals surface area contributed by atoms with Crippen molar-refractivity contribution >= 4 is 0 Å². The molecule has 1 aliphatic carbocycles. The lowest BCUT2D eigenvalue weighted by molar-refractivity contribution is 0.731. The normalized spacial score (nSPS) is 12.0. The van der Waals surface area contributed by atoms with Crippen LogP contribution in [0.2, 0.25) is 0 Å². The number of rotatable bonds is 3. The standard InChI is InChI=1S/C16H18.C8H12.3C7H8.C3H8.CH4/c1-3-4-14-7-11-16(12-8-14)15-9-5-13(2)6-10-15;1-7-3-5-8(2)6-4-7;3*1-7-5-3-2-4-6-7;1-3-2;/h5-12H,3-4H2,1-2H3;3-5,8H,6H2,1-2H3;3*2-6H,1H3;3H2,1-2H3;1H4. The number of benzene rings is 5. The third-order valence-electron chi connectivity index (χ3n) is 7.20. The Hall–Kier alpha value is -4.42. The van der Waals surface area contributed by atoms with E-state index in [-0.39, 0.29) is 7.43 Å². The molecule has 0 amide bonds. The third-order valence-corrected chi connectivity index (χ3v) is 7.20.